The van der Waals surface area contributed by atoms with E-state index in [-0.39, 0.29) is 0 Å². The van der Waals surface area contributed by atoms with Crippen LogP contribution in [0.1, 0.15) is 24.0 Å². The predicted molar refractivity (Wildman–Crippen MR) is 105 cm³/mol. The summed E-state index contributed by atoms with van der Waals surface area (Å²) in [4.78, 5) is 0. The molecule has 0 aliphatic heterocycles. The van der Waals surface area contributed by atoms with Crippen LogP contribution in [0, 0.1) is 0 Å². The summed E-state index contributed by atoms with van der Waals surface area (Å²) < 4.78 is 0. The molecule has 2 heteroatoms. The summed E-state index contributed by atoms with van der Waals surface area (Å²) in [5, 5.41) is 5.29. The van der Waals surface area contributed by atoms with E-state index < -0.39 is 0 Å². The SMILES string of the molecule is Pc1ccc2c(c1-c1c(P)ccc3ccccc13)CCCC2. The molecule has 0 amide bonds. The molecule has 0 bridgehead atoms. The average molecular weight is 322 g/mol. The molecule has 2 unspecified atom stereocenters. The Kier molecular flexibility index (Phi) is 3.77. The summed E-state index contributed by atoms with van der Waals surface area (Å²) in [6, 6.07) is 17.8. The molecule has 1 aliphatic carbocycles. The maximum atomic E-state index is 2.95. The third kappa shape index (κ3) is 2.30. The Labute approximate surface area is 136 Å². The Hall–Kier alpha value is -1.22. The monoisotopic (exact) mass is 322 g/mol. The summed E-state index contributed by atoms with van der Waals surface area (Å²) in [7, 11) is 5.89. The number of rotatable bonds is 1. The molecule has 0 radical (unpaired) electrons. The van der Waals surface area contributed by atoms with Gasteiger partial charge in [-0.05, 0) is 69.3 Å². The van der Waals surface area contributed by atoms with Gasteiger partial charge in [-0.1, -0.05) is 48.5 Å². The number of fused-ring (bicyclic) bond motifs is 2. The van der Waals surface area contributed by atoms with E-state index in [0.717, 1.165) is 0 Å². The summed E-state index contributed by atoms with van der Waals surface area (Å²) in [5.74, 6) is 0. The molecule has 22 heavy (non-hydrogen) atoms. The highest BCUT2D eigenvalue weighted by atomic mass is 31.0. The van der Waals surface area contributed by atoms with E-state index in [0.29, 0.717) is 0 Å². The quantitative estimate of drug-likeness (QED) is 0.583. The zero-order valence-electron chi connectivity index (χ0n) is 12.6. The summed E-state index contributed by atoms with van der Waals surface area (Å²) in [5.41, 5.74) is 5.96. The molecule has 0 saturated carbocycles. The van der Waals surface area contributed by atoms with E-state index in [1.165, 1.54) is 58.2 Å². The van der Waals surface area contributed by atoms with Gasteiger partial charge in [-0.3, -0.25) is 0 Å². The normalized spacial score (nSPS) is 14.1. The molecule has 0 spiro atoms. The number of benzene rings is 3. The van der Waals surface area contributed by atoms with Gasteiger partial charge in [0.1, 0.15) is 0 Å². The second-order valence-corrected chi connectivity index (χ2v) is 7.37. The zero-order valence-corrected chi connectivity index (χ0v) is 14.9. The maximum absolute atomic E-state index is 2.95. The van der Waals surface area contributed by atoms with Crippen LogP contribution in [0.4, 0.5) is 0 Å². The van der Waals surface area contributed by atoms with Crippen molar-refractivity contribution in [3.8, 4) is 11.1 Å². The molecule has 4 rings (SSSR count). The van der Waals surface area contributed by atoms with Crippen molar-refractivity contribution in [2.75, 3.05) is 0 Å². The maximum Gasteiger partial charge on any atom is -0.00246 e. The molecule has 110 valence electrons. The summed E-state index contributed by atoms with van der Waals surface area (Å²) in [6.45, 7) is 0. The van der Waals surface area contributed by atoms with Gasteiger partial charge >= 0.3 is 0 Å². The van der Waals surface area contributed by atoms with Crippen molar-refractivity contribution >= 4 is 39.9 Å². The average Bonchev–Trinajstić information content (AvgIpc) is 2.56. The highest BCUT2D eigenvalue weighted by Crippen LogP contribution is 2.35. The van der Waals surface area contributed by atoms with Gasteiger partial charge in [-0.2, -0.15) is 0 Å². The van der Waals surface area contributed by atoms with Crippen LogP contribution < -0.4 is 10.6 Å². The predicted octanol–water partition coefficient (Wildman–Crippen LogP) is 4.39. The van der Waals surface area contributed by atoms with Crippen LogP contribution in [0.25, 0.3) is 21.9 Å². The van der Waals surface area contributed by atoms with Gasteiger partial charge in [-0.25, -0.2) is 0 Å². The lowest BCUT2D eigenvalue weighted by Crippen LogP contribution is -2.13. The van der Waals surface area contributed by atoms with Crippen molar-refractivity contribution in [2.45, 2.75) is 25.7 Å². The number of hydrogen-bond acceptors (Lipinski definition) is 0. The minimum atomic E-state index is 1.21. The molecular weight excluding hydrogens is 302 g/mol. The Balaban J connectivity index is 2.10. The Morgan fingerprint density at radius 1 is 0.682 bits per heavy atom. The van der Waals surface area contributed by atoms with Crippen molar-refractivity contribution in [2.24, 2.45) is 0 Å². The van der Waals surface area contributed by atoms with E-state index >= 15 is 0 Å². The second-order valence-electron chi connectivity index (χ2n) is 6.13. The highest BCUT2D eigenvalue weighted by Gasteiger charge is 2.19. The second kappa shape index (κ2) is 5.77. The third-order valence-corrected chi connectivity index (χ3v) is 5.74. The van der Waals surface area contributed by atoms with Gasteiger partial charge in [0.2, 0.25) is 0 Å². The standard InChI is InChI=1S/C20H20P2/c21-17-11-9-13-5-1-3-7-15(13)19(17)20-16-8-4-2-6-14(16)10-12-18(20)22/h1,3,5,7,9-12H,2,4,6,8,21-22H2. The lowest BCUT2D eigenvalue weighted by atomic mass is 9.84. The van der Waals surface area contributed by atoms with Crippen molar-refractivity contribution in [3.05, 3.63) is 59.7 Å². The lowest BCUT2D eigenvalue weighted by Gasteiger charge is -2.23. The van der Waals surface area contributed by atoms with Crippen LogP contribution in [-0.4, -0.2) is 0 Å². The minimum absolute atomic E-state index is 1.21. The van der Waals surface area contributed by atoms with E-state index in [2.05, 4.69) is 67.0 Å². The molecule has 0 saturated heterocycles. The lowest BCUT2D eigenvalue weighted by molar-refractivity contribution is 0.687. The number of hydrogen-bond donors (Lipinski definition) is 0. The van der Waals surface area contributed by atoms with E-state index in [1.54, 1.807) is 11.1 Å². The van der Waals surface area contributed by atoms with E-state index in [1.807, 2.05) is 0 Å². The van der Waals surface area contributed by atoms with Gasteiger partial charge in [0.15, 0.2) is 0 Å². The smallest absolute Gasteiger partial charge is 0.00246 e. The van der Waals surface area contributed by atoms with Crippen LogP contribution in [0.2, 0.25) is 0 Å². The van der Waals surface area contributed by atoms with Gasteiger partial charge in [0.05, 0.1) is 0 Å². The molecule has 0 fully saturated rings. The van der Waals surface area contributed by atoms with Crippen molar-refractivity contribution in [1.82, 2.24) is 0 Å². The molecule has 1 aliphatic rings. The third-order valence-electron chi connectivity index (χ3n) is 4.78. The Morgan fingerprint density at radius 2 is 1.41 bits per heavy atom. The van der Waals surface area contributed by atoms with Gasteiger partial charge in [0.25, 0.3) is 0 Å². The first-order chi connectivity index (χ1) is 10.8. The van der Waals surface area contributed by atoms with Crippen LogP contribution in [0.5, 0.6) is 0 Å². The Bertz CT molecular complexity index is 865. The minimum Gasteiger partial charge on any atom is -0.105 e. The molecule has 2 atom stereocenters. The van der Waals surface area contributed by atoms with Crippen LogP contribution in [-0.2, 0) is 12.8 Å². The first kappa shape index (κ1) is 14.4. The largest absolute Gasteiger partial charge is 0.105 e. The first-order valence-electron chi connectivity index (χ1n) is 7.93. The first-order valence-corrected chi connectivity index (χ1v) is 9.09. The van der Waals surface area contributed by atoms with Gasteiger partial charge < -0.3 is 0 Å². The van der Waals surface area contributed by atoms with Crippen molar-refractivity contribution < 1.29 is 0 Å². The fourth-order valence-electron chi connectivity index (χ4n) is 3.71. The fraction of sp³-hybridized carbons (Fsp3) is 0.200. The molecule has 0 heterocycles. The van der Waals surface area contributed by atoms with Crippen LogP contribution in [0.3, 0.4) is 0 Å². The molecule has 0 N–H and O–H groups in total. The number of aryl methyl sites for hydroxylation is 1. The van der Waals surface area contributed by atoms with Crippen LogP contribution >= 0.6 is 18.5 Å². The van der Waals surface area contributed by atoms with Crippen LogP contribution in [0.15, 0.2) is 48.5 Å². The molecule has 3 aromatic carbocycles. The molecule has 0 aromatic heterocycles. The topological polar surface area (TPSA) is 0 Å². The van der Waals surface area contributed by atoms with Gasteiger partial charge in [0, 0.05) is 0 Å². The van der Waals surface area contributed by atoms with Crippen molar-refractivity contribution in [3.63, 3.8) is 0 Å². The molecule has 3 aromatic rings. The molecule has 0 nitrogen and oxygen atoms in total. The Morgan fingerprint density at radius 3 is 2.32 bits per heavy atom. The van der Waals surface area contributed by atoms with E-state index in [9.17, 15) is 0 Å². The summed E-state index contributed by atoms with van der Waals surface area (Å²) >= 11 is 0. The summed E-state index contributed by atoms with van der Waals surface area (Å²) in [6.07, 6.45) is 5.07. The van der Waals surface area contributed by atoms with Gasteiger partial charge in [-0.15, -0.1) is 18.5 Å². The zero-order chi connectivity index (χ0) is 15.1. The van der Waals surface area contributed by atoms with E-state index in [4.69, 9.17) is 0 Å². The molecular formula is C20H20P2. The van der Waals surface area contributed by atoms with Crippen molar-refractivity contribution in [1.29, 1.82) is 0 Å². The highest BCUT2D eigenvalue weighted by molar-refractivity contribution is 7.29. The fourth-order valence-corrected chi connectivity index (χ4v) is 4.52.